The summed E-state index contributed by atoms with van der Waals surface area (Å²) in [6.07, 6.45) is 1.22. The summed E-state index contributed by atoms with van der Waals surface area (Å²) in [5.41, 5.74) is 4.06. The van der Waals surface area contributed by atoms with Crippen molar-refractivity contribution in [3.05, 3.63) is 45.9 Å². The minimum atomic E-state index is -1.34. The number of hydrogen-bond donors (Lipinski definition) is 2. The number of aromatic nitrogens is 3. The van der Waals surface area contributed by atoms with E-state index in [1.54, 1.807) is 0 Å². The predicted octanol–water partition coefficient (Wildman–Crippen LogP) is -0.0274. The maximum absolute atomic E-state index is 10.9. The van der Waals surface area contributed by atoms with E-state index in [1.165, 1.54) is 12.3 Å². The third-order valence-corrected chi connectivity index (χ3v) is 2.33. The van der Waals surface area contributed by atoms with Gasteiger partial charge in [-0.25, -0.2) is 14.5 Å². The topological polar surface area (TPSA) is 154 Å². The molecule has 1 amide bonds. The fourth-order valence-corrected chi connectivity index (χ4v) is 1.44. The van der Waals surface area contributed by atoms with Crippen LogP contribution in [0.5, 0.6) is 0 Å². The molecule has 0 radical (unpaired) electrons. The number of carboxylic acid groups (broad SMARTS) is 1. The van der Waals surface area contributed by atoms with Crippen molar-refractivity contribution >= 4 is 17.6 Å². The van der Waals surface area contributed by atoms with Gasteiger partial charge in [-0.3, -0.25) is 14.9 Å². The standard InChI is InChI=1S/C10H7N5O5/c11-8(16)5-3-4-14(13-5)9-7(15(19)20)2-1-6(12-9)10(17)18/h1-4H,(H2,11,16)(H,17,18). The molecule has 102 valence electrons. The number of carbonyl (C=O) groups is 2. The number of primary amides is 1. The summed E-state index contributed by atoms with van der Waals surface area (Å²) in [6.45, 7) is 0. The van der Waals surface area contributed by atoms with E-state index >= 15 is 0 Å². The molecule has 0 spiro atoms. The molecule has 2 rings (SSSR count). The summed E-state index contributed by atoms with van der Waals surface area (Å²) in [5, 5.41) is 23.5. The van der Waals surface area contributed by atoms with Crippen LogP contribution in [0.2, 0.25) is 0 Å². The van der Waals surface area contributed by atoms with Crippen LogP contribution in [0.25, 0.3) is 5.82 Å². The second kappa shape index (κ2) is 4.76. The second-order valence-corrected chi connectivity index (χ2v) is 3.61. The zero-order valence-electron chi connectivity index (χ0n) is 9.76. The van der Waals surface area contributed by atoms with Crippen molar-refractivity contribution in [3.63, 3.8) is 0 Å². The van der Waals surface area contributed by atoms with Crippen LogP contribution in [0.1, 0.15) is 21.0 Å². The van der Waals surface area contributed by atoms with Gasteiger partial charge in [-0.15, -0.1) is 0 Å². The lowest BCUT2D eigenvalue weighted by molar-refractivity contribution is -0.384. The lowest BCUT2D eigenvalue weighted by atomic mass is 10.3. The fraction of sp³-hybridized carbons (Fsp3) is 0. The van der Waals surface area contributed by atoms with Gasteiger partial charge in [0.05, 0.1) is 4.92 Å². The van der Waals surface area contributed by atoms with Crippen molar-refractivity contribution < 1.29 is 19.6 Å². The Bertz CT molecular complexity index is 723. The number of carboxylic acids is 1. The number of aromatic carboxylic acids is 1. The molecule has 2 aromatic rings. The van der Waals surface area contributed by atoms with E-state index in [4.69, 9.17) is 10.8 Å². The average molecular weight is 277 g/mol. The molecule has 0 aliphatic carbocycles. The highest BCUT2D eigenvalue weighted by Crippen LogP contribution is 2.20. The van der Waals surface area contributed by atoms with Gasteiger partial charge in [0.2, 0.25) is 5.82 Å². The summed E-state index contributed by atoms with van der Waals surface area (Å²) < 4.78 is 0.921. The van der Waals surface area contributed by atoms with Crippen LogP contribution >= 0.6 is 0 Å². The summed E-state index contributed by atoms with van der Waals surface area (Å²) in [7, 11) is 0. The number of carbonyl (C=O) groups excluding carboxylic acids is 1. The highest BCUT2D eigenvalue weighted by Gasteiger charge is 2.21. The first-order valence-electron chi connectivity index (χ1n) is 5.14. The Morgan fingerprint density at radius 3 is 2.50 bits per heavy atom. The van der Waals surface area contributed by atoms with Gasteiger partial charge in [-0.2, -0.15) is 5.10 Å². The SMILES string of the molecule is NC(=O)c1ccn(-c2nc(C(=O)O)ccc2[N+](=O)[O-])n1. The van der Waals surface area contributed by atoms with E-state index < -0.39 is 22.5 Å². The number of amides is 1. The van der Waals surface area contributed by atoms with Crippen molar-refractivity contribution in [2.24, 2.45) is 5.73 Å². The molecular formula is C10H7N5O5. The third-order valence-electron chi connectivity index (χ3n) is 2.33. The highest BCUT2D eigenvalue weighted by atomic mass is 16.6. The smallest absolute Gasteiger partial charge is 0.354 e. The first-order chi connectivity index (χ1) is 9.40. The fourth-order valence-electron chi connectivity index (χ4n) is 1.44. The van der Waals surface area contributed by atoms with Gasteiger partial charge >= 0.3 is 11.7 Å². The Morgan fingerprint density at radius 2 is 2.00 bits per heavy atom. The predicted molar refractivity (Wildman–Crippen MR) is 63.5 cm³/mol. The van der Waals surface area contributed by atoms with Gasteiger partial charge < -0.3 is 10.8 Å². The summed E-state index contributed by atoms with van der Waals surface area (Å²) >= 11 is 0. The molecule has 0 unspecified atom stereocenters. The molecule has 0 bridgehead atoms. The zero-order chi connectivity index (χ0) is 14.9. The Hall–Kier alpha value is -3.30. The molecule has 2 aromatic heterocycles. The van der Waals surface area contributed by atoms with E-state index in [9.17, 15) is 19.7 Å². The second-order valence-electron chi connectivity index (χ2n) is 3.61. The lowest BCUT2D eigenvalue weighted by Gasteiger charge is -2.03. The first-order valence-corrected chi connectivity index (χ1v) is 5.14. The molecule has 3 N–H and O–H groups in total. The Morgan fingerprint density at radius 1 is 1.30 bits per heavy atom. The van der Waals surface area contributed by atoms with Crippen molar-refractivity contribution in [1.82, 2.24) is 14.8 Å². The molecule has 0 saturated heterocycles. The van der Waals surface area contributed by atoms with Crippen LogP contribution in [0.3, 0.4) is 0 Å². The maximum atomic E-state index is 10.9. The monoisotopic (exact) mass is 277 g/mol. The van der Waals surface area contributed by atoms with Gasteiger partial charge in [-0.05, 0) is 12.1 Å². The van der Waals surface area contributed by atoms with Gasteiger partial charge in [0.25, 0.3) is 5.91 Å². The number of nitrogens with two attached hydrogens (primary N) is 1. The molecule has 2 heterocycles. The third kappa shape index (κ3) is 2.29. The lowest BCUT2D eigenvalue weighted by Crippen LogP contribution is -2.13. The van der Waals surface area contributed by atoms with E-state index in [-0.39, 0.29) is 17.2 Å². The number of nitrogens with zero attached hydrogens (tertiary/aromatic N) is 4. The molecule has 0 aliphatic heterocycles. The first kappa shape index (κ1) is 13.1. The highest BCUT2D eigenvalue weighted by molar-refractivity contribution is 5.90. The zero-order valence-corrected chi connectivity index (χ0v) is 9.76. The van der Waals surface area contributed by atoms with Crippen LogP contribution in [0.4, 0.5) is 5.69 Å². The van der Waals surface area contributed by atoms with Crippen LogP contribution in [-0.2, 0) is 0 Å². The molecular weight excluding hydrogens is 270 g/mol. The van der Waals surface area contributed by atoms with Gasteiger partial charge in [0.1, 0.15) is 5.69 Å². The van der Waals surface area contributed by atoms with Crippen molar-refractivity contribution in [2.75, 3.05) is 0 Å². The van der Waals surface area contributed by atoms with Crippen molar-refractivity contribution in [3.8, 4) is 5.82 Å². The van der Waals surface area contributed by atoms with Crippen molar-refractivity contribution in [2.45, 2.75) is 0 Å². The Balaban J connectivity index is 2.62. The number of pyridine rings is 1. The largest absolute Gasteiger partial charge is 0.477 e. The number of rotatable bonds is 4. The van der Waals surface area contributed by atoms with Crippen LogP contribution in [0.15, 0.2) is 24.4 Å². The minimum absolute atomic E-state index is 0.123. The molecule has 0 fully saturated rings. The van der Waals surface area contributed by atoms with Gasteiger partial charge in [-0.1, -0.05) is 0 Å². The van der Waals surface area contributed by atoms with E-state index in [0.717, 1.165) is 16.8 Å². The summed E-state index contributed by atoms with van der Waals surface area (Å²) in [4.78, 5) is 35.6. The maximum Gasteiger partial charge on any atom is 0.354 e. The summed E-state index contributed by atoms with van der Waals surface area (Å²) in [6, 6.07) is 3.24. The van der Waals surface area contributed by atoms with Crippen LogP contribution in [-0.4, -0.2) is 36.7 Å². The normalized spacial score (nSPS) is 10.2. The summed E-state index contributed by atoms with van der Waals surface area (Å²) in [5.74, 6) is -2.48. The molecule has 10 nitrogen and oxygen atoms in total. The number of hydrogen-bond acceptors (Lipinski definition) is 6. The Labute approximate surface area is 110 Å². The quantitative estimate of drug-likeness (QED) is 0.587. The molecule has 20 heavy (non-hydrogen) atoms. The Kier molecular flexibility index (Phi) is 3.13. The van der Waals surface area contributed by atoms with E-state index in [2.05, 4.69) is 10.1 Å². The van der Waals surface area contributed by atoms with Gasteiger partial charge in [0.15, 0.2) is 5.69 Å². The molecule has 10 heteroatoms. The molecule has 0 aliphatic rings. The van der Waals surface area contributed by atoms with E-state index in [1.807, 2.05) is 0 Å². The average Bonchev–Trinajstić information content (AvgIpc) is 2.87. The van der Waals surface area contributed by atoms with Crippen molar-refractivity contribution in [1.29, 1.82) is 0 Å². The van der Waals surface area contributed by atoms with E-state index in [0.29, 0.717) is 0 Å². The van der Waals surface area contributed by atoms with Crippen LogP contribution < -0.4 is 5.73 Å². The van der Waals surface area contributed by atoms with Crippen LogP contribution in [0, 0.1) is 10.1 Å². The molecule has 0 aromatic carbocycles. The number of nitro groups is 1. The van der Waals surface area contributed by atoms with Gasteiger partial charge in [0, 0.05) is 12.3 Å². The molecule has 0 saturated carbocycles. The minimum Gasteiger partial charge on any atom is -0.477 e. The molecule has 0 atom stereocenters.